The summed E-state index contributed by atoms with van der Waals surface area (Å²) in [6, 6.07) is 11.3. The Bertz CT molecular complexity index is 1000. The van der Waals surface area contributed by atoms with Crippen molar-refractivity contribution in [3.63, 3.8) is 0 Å². The standard InChI is InChI=1S/C28H38N2O6S/c1-2-3-4-25(31)21-5-7-22(8-6-21)30-23(9-12-27(30)32)19-35-20-24-10-11-26(37-24)28(33)36-18-15-29-13-16-34-17-14-29/h5-8,10-11,23,25,31H,2-4,9,12-20H2,1H3/t23-,25?/m1/s1. The number of anilines is 1. The number of aliphatic hydroxyl groups excluding tert-OH is 1. The highest BCUT2D eigenvalue weighted by Crippen LogP contribution is 2.29. The van der Waals surface area contributed by atoms with Crippen LogP contribution in [0, 0.1) is 0 Å². The monoisotopic (exact) mass is 530 g/mol. The topological polar surface area (TPSA) is 88.5 Å². The Kier molecular flexibility index (Phi) is 10.5. The Morgan fingerprint density at radius 1 is 1.19 bits per heavy atom. The molecular weight excluding hydrogens is 492 g/mol. The molecule has 0 saturated carbocycles. The SMILES string of the molecule is CCCCC(O)c1ccc(N2C(=O)CC[C@@H]2COCc2ccc(C(=O)OCCN3CCOCC3)s2)cc1. The van der Waals surface area contributed by atoms with Gasteiger partial charge in [-0.3, -0.25) is 9.69 Å². The highest BCUT2D eigenvalue weighted by molar-refractivity contribution is 7.13. The van der Waals surface area contributed by atoms with Crippen molar-refractivity contribution in [3.8, 4) is 0 Å². The molecule has 0 bridgehead atoms. The molecule has 202 valence electrons. The third-order valence-corrected chi connectivity index (χ3v) is 7.91. The molecule has 2 atom stereocenters. The molecule has 9 heteroatoms. The number of ether oxygens (including phenoxy) is 3. The van der Waals surface area contributed by atoms with Gasteiger partial charge in [0.25, 0.3) is 0 Å². The van der Waals surface area contributed by atoms with Crippen molar-refractivity contribution >= 4 is 28.9 Å². The molecule has 1 amide bonds. The molecule has 0 spiro atoms. The molecule has 2 aromatic rings. The van der Waals surface area contributed by atoms with E-state index >= 15 is 0 Å². The zero-order valence-electron chi connectivity index (χ0n) is 21.6. The number of carbonyl (C=O) groups excluding carboxylic acids is 2. The van der Waals surface area contributed by atoms with Crippen molar-refractivity contribution in [1.82, 2.24) is 4.90 Å². The number of rotatable bonds is 13. The number of esters is 1. The molecule has 4 rings (SSSR count). The van der Waals surface area contributed by atoms with Crippen LogP contribution in [-0.2, 0) is 25.6 Å². The van der Waals surface area contributed by atoms with Gasteiger partial charge in [-0.25, -0.2) is 4.79 Å². The lowest BCUT2D eigenvalue weighted by atomic mass is 10.0. The fourth-order valence-corrected chi connectivity index (χ4v) is 5.54. The fourth-order valence-electron chi connectivity index (χ4n) is 4.70. The van der Waals surface area contributed by atoms with Crippen molar-refractivity contribution < 1.29 is 28.9 Å². The first-order chi connectivity index (χ1) is 18.0. The molecular formula is C28H38N2O6S. The van der Waals surface area contributed by atoms with Crippen LogP contribution in [0.1, 0.15) is 65.2 Å². The number of thiophene rings is 1. The van der Waals surface area contributed by atoms with Crippen LogP contribution in [0.4, 0.5) is 5.69 Å². The third kappa shape index (κ3) is 7.85. The summed E-state index contributed by atoms with van der Waals surface area (Å²) in [5.41, 5.74) is 1.71. The first kappa shape index (κ1) is 27.7. The summed E-state index contributed by atoms with van der Waals surface area (Å²) < 4.78 is 16.7. The lowest BCUT2D eigenvalue weighted by molar-refractivity contribution is -0.117. The van der Waals surface area contributed by atoms with E-state index < -0.39 is 6.10 Å². The van der Waals surface area contributed by atoms with E-state index in [-0.39, 0.29) is 17.9 Å². The summed E-state index contributed by atoms with van der Waals surface area (Å²) in [6.45, 7) is 7.19. The Balaban J connectivity index is 1.22. The Morgan fingerprint density at radius 3 is 2.73 bits per heavy atom. The molecule has 2 fully saturated rings. The predicted octanol–water partition coefficient (Wildman–Crippen LogP) is 4.17. The van der Waals surface area contributed by atoms with Crippen LogP contribution in [0.2, 0.25) is 0 Å². The van der Waals surface area contributed by atoms with Gasteiger partial charge >= 0.3 is 5.97 Å². The predicted molar refractivity (Wildman–Crippen MR) is 143 cm³/mol. The highest BCUT2D eigenvalue weighted by Gasteiger charge is 2.32. The first-order valence-electron chi connectivity index (χ1n) is 13.3. The highest BCUT2D eigenvalue weighted by atomic mass is 32.1. The van der Waals surface area contributed by atoms with Crippen LogP contribution < -0.4 is 4.90 Å². The van der Waals surface area contributed by atoms with Gasteiger partial charge in [-0.1, -0.05) is 31.9 Å². The van der Waals surface area contributed by atoms with Crippen LogP contribution in [-0.4, -0.2) is 74.0 Å². The van der Waals surface area contributed by atoms with Crippen molar-refractivity contribution in [2.75, 3.05) is 51.0 Å². The summed E-state index contributed by atoms with van der Waals surface area (Å²) in [5.74, 6) is -0.216. The smallest absolute Gasteiger partial charge is 0.348 e. The molecule has 8 nitrogen and oxygen atoms in total. The molecule has 1 unspecified atom stereocenters. The minimum Gasteiger partial charge on any atom is -0.460 e. The van der Waals surface area contributed by atoms with E-state index in [1.807, 2.05) is 35.2 Å². The largest absolute Gasteiger partial charge is 0.460 e. The number of unbranched alkanes of at least 4 members (excludes halogenated alkanes) is 1. The Labute approximate surface area is 223 Å². The summed E-state index contributed by atoms with van der Waals surface area (Å²) in [5, 5.41) is 10.3. The first-order valence-corrected chi connectivity index (χ1v) is 14.1. The van der Waals surface area contributed by atoms with Gasteiger partial charge in [0.2, 0.25) is 5.91 Å². The van der Waals surface area contributed by atoms with Crippen LogP contribution >= 0.6 is 11.3 Å². The molecule has 0 aliphatic carbocycles. The van der Waals surface area contributed by atoms with Gasteiger partial charge in [0.15, 0.2) is 0 Å². The summed E-state index contributed by atoms with van der Waals surface area (Å²) in [4.78, 5) is 30.5. The van der Waals surface area contributed by atoms with E-state index in [0.29, 0.717) is 31.1 Å². The zero-order chi connectivity index (χ0) is 26.0. The van der Waals surface area contributed by atoms with E-state index in [1.165, 1.54) is 11.3 Å². The maximum atomic E-state index is 12.6. The quantitative estimate of drug-likeness (QED) is 0.389. The summed E-state index contributed by atoms with van der Waals surface area (Å²) in [6.07, 6.45) is 3.53. The zero-order valence-corrected chi connectivity index (χ0v) is 22.4. The number of benzene rings is 1. The number of hydrogen-bond acceptors (Lipinski definition) is 8. The van der Waals surface area contributed by atoms with E-state index in [9.17, 15) is 14.7 Å². The molecule has 2 aliphatic heterocycles. The number of nitrogens with zero attached hydrogens (tertiary/aromatic N) is 2. The fraction of sp³-hybridized carbons (Fsp3) is 0.571. The van der Waals surface area contributed by atoms with Gasteiger partial charge in [-0.05, 0) is 42.7 Å². The van der Waals surface area contributed by atoms with Crippen LogP contribution in [0.3, 0.4) is 0 Å². The van der Waals surface area contributed by atoms with Crippen molar-refractivity contribution in [1.29, 1.82) is 0 Å². The second-order valence-electron chi connectivity index (χ2n) is 9.58. The van der Waals surface area contributed by atoms with Crippen LogP contribution in [0.15, 0.2) is 36.4 Å². The molecule has 1 N–H and O–H groups in total. The van der Waals surface area contributed by atoms with Crippen molar-refractivity contribution in [3.05, 3.63) is 51.7 Å². The summed E-state index contributed by atoms with van der Waals surface area (Å²) >= 11 is 1.38. The molecule has 1 aromatic carbocycles. The van der Waals surface area contributed by atoms with Gasteiger partial charge in [0, 0.05) is 36.6 Å². The molecule has 2 aliphatic rings. The van der Waals surface area contributed by atoms with Gasteiger partial charge in [0.1, 0.15) is 11.5 Å². The lowest BCUT2D eigenvalue weighted by Gasteiger charge is -2.26. The van der Waals surface area contributed by atoms with Gasteiger partial charge in [-0.15, -0.1) is 11.3 Å². The van der Waals surface area contributed by atoms with Crippen molar-refractivity contribution in [2.45, 2.75) is 57.8 Å². The van der Waals surface area contributed by atoms with E-state index in [1.54, 1.807) is 6.07 Å². The number of aliphatic hydroxyl groups is 1. The average Bonchev–Trinajstić information content (AvgIpc) is 3.54. The number of carbonyl (C=O) groups is 2. The summed E-state index contributed by atoms with van der Waals surface area (Å²) in [7, 11) is 0. The number of amides is 1. The molecule has 2 saturated heterocycles. The Morgan fingerprint density at radius 2 is 1.97 bits per heavy atom. The maximum absolute atomic E-state index is 12.6. The molecule has 1 aromatic heterocycles. The van der Waals surface area contributed by atoms with Gasteiger partial charge in [0.05, 0.1) is 38.6 Å². The van der Waals surface area contributed by atoms with Crippen molar-refractivity contribution in [2.24, 2.45) is 0 Å². The minimum atomic E-state index is -0.472. The number of morpholine rings is 1. The molecule has 0 radical (unpaired) electrons. The van der Waals surface area contributed by atoms with E-state index in [2.05, 4.69) is 11.8 Å². The Hall–Kier alpha value is -2.30. The average molecular weight is 531 g/mol. The molecule has 37 heavy (non-hydrogen) atoms. The van der Waals surface area contributed by atoms with E-state index in [0.717, 1.165) is 74.7 Å². The van der Waals surface area contributed by atoms with Crippen LogP contribution in [0.5, 0.6) is 0 Å². The number of hydrogen-bond donors (Lipinski definition) is 1. The van der Waals surface area contributed by atoms with Gasteiger partial charge < -0.3 is 24.2 Å². The molecule has 3 heterocycles. The van der Waals surface area contributed by atoms with E-state index in [4.69, 9.17) is 14.2 Å². The lowest BCUT2D eigenvalue weighted by Crippen LogP contribution is -2.38. The van der Waals surface area contributed by atoms with Crippen LogP contribution in [0.25, 0.3) is 0 Å². The minimum absolute atomic E-state index is 0.0343. The normalized spacial score (nSPS) is 19.4. The van der Waals surface area contributed by atoms with Gasteiger partial charge in [-0.2, -0.15) is 0 Å². The second-order valence-corrected chi connectivity index (χ2v) is 10.7. The third-order valence-electron chi connectivity index (χ3n) is 6.87. The maximum Gasteiger partial charge on any atom is 0.348 e. The second kappa shape index (κ2) is 14.0.